The minimum Gasteiger partial charge on any atom is -0.334 e. The van der Waals surface area contributed by atoms with Crippen molar-refractivity contribution in [3.8, 4) is 22.8 Å². The maximum atomic E-state index is 13.0. The Morgan fingerprint density at radius 2 is 1.48 bits per heavy atom. The largest absolute Gasteiger partial charge is 0.334 e. The van der Waals surface area contributed by atoms with Crippen LogP contribution in [0.4, 0.5) is 10.1 Å². The van der Waals surface area contributed by atoms with Crippen LogP contribution in [0.5, 0.6) is 0 Å². The van der Waals surface area contributed by atoms with Crippen molar-refractivity contribution in [1.82, 2.24) is 10.1 Å². The summed E-state index contributed by atoms with van der Waals surface area (Å²) in [5.41, 5.74) is 2.65. The molecular weight excluding hydrogens is 393 g/mol. The Balaban J connectivity index is 1.52. The lowest BCUT2D eigenvalue weighted by Gasteiger charge is -2.08. The maximum Gasteiger partial charge on any atom is 0.261 e. The Morgan fingerprint density at radius 3 is 2.14 bits per heavy atom. The van der Waals surface area contributed by atoms with Gasteiger partial charge < -0.3 is 4.52 Å². The highest BCUT2D eigenvalue weighted by Gasteiger charge is 2.15. The number of aryl methyl sites for hydroxylation is 1. The van der Waals surface area contributed by atoms with E-state index in [-0.39, 0.29) is 16.6 Å². The van der Waals surface area contributed by atoms with Gasteiger partial charge in [0.2, 0.25) is 5.82 Å². The molecule has 1 N–H and O–H groups in total. The molecule has 8 heteroatoms. The molecule has 0 aliphatic carbocycles. The van der Waals surface area contributed by atoms with Crippen molar-refractivity contribution in [2.24, 2.45) is 0 Å². The summed E-state index contributed by atoms with van der Waals surface area (Å²) in [6, 6.07) is 18.9. The highest BCUT2D eigenvalue weighted by atomic mass is 32.2. The van der Waals surface area contributed by atoms with Crippen molar-refractivity contribution >= 4 is 15.7 Å². The predicted molar refractivity (Wildman–Crippen MR) is 107 cm³/mol. The summed E-state index contributed by atoms with van der Waals surface area (Å²) in [6.45, 7) is 1.89. The van der Waals surface area contributed by atoms with Crippen LogP contribution in [-0.4, -0.2) is 18.6 Å². The number of sulfonamides is 1. The van der Waals surface area contributed by atoms with Gasteiger partial charge in [-0.15, -0.1) is 0 Å². The van der Waals surface area contributed by atoms with Gasteiger partial charge >= 0.3 is 0 Å². The van der Waals surface area contributed by atoms with Crippen LogP contribution in [0.15, 0.2) is 82.2 Å². The molecule has 0 saturated heterocycles. The quantitative estimate of drug-likeness (QED) is 0.519. The summed E-state index contributed by atoms with van der Waals surface area (Å²) in [5, 5.41) is 3.93. The van der Waals surface area contributed by atoms with Crippen LogP contribution in [0, 0.1) is 12.7 Å². The number of nitrogens with one attached hydrogen (secondary N) is 1. The van der Waals surface area contributed by atoms with Gasteiger partial charge in [0.15, 0.2) is 0 Å². The molecule has 0 spiro atoms. The zero-order valence-electron chi connectivity index (χ0n) is 15.3. The first-order valence-corrected chi connectivity index (χ1v) is 10.2. The van der Waals surface area contributed by atoms with Crippen LogP contribution in [0.25, 0.3) is 22.8 Å². The zero-order valence-corrected chi connectivity index (χ0v) is 16.2. The Kier molecular flexibility index (Phi) is 4.85. The van der Waals surface area contributed by atoms with Gasteiger partial charge in [-0.05, 0) is 67.6 Å². The number of aromatic nitrogens is 2. The van der Waals surface area contributed by atoms with E-state index in [0.29, 0.717) is 22.6 Å². The zero-order chi connectivity index (χ0) is 20.4. The second kappa shape index (κ2) is 7.48. The molecule has 4 rings (SSSR count). The molecular formula is C21H16FN3O3S. The van der Waals surface area contributed by atoms with Crippen molar-refractivity contribution in [2.45, 2.75) is 11.8 Å². The average molecular weight is 409 g/mol. The first kappa shape index (κ1) is 18.8. The first-order valence-electron chi connectivity index (χ1n) is 8.70. The fourth-order valence-corrected chi connectivity index (χ4v) is 3.73. The van der Waals surface area contributed by atoms with E-state index in [9.17, 15) is 12.8 Å². The smallest absolute Gasteiger partial charge is 0.261 e. The Bertz CT molecular complexity index is 1230. The van der Waals surface area contributed by atoms with E-state index in [4.69, 9.17) is 4.52 Å². The van der Waals surface area contributed by atoms with E-state index in [1.54, 1.807) is 60.7 Å². The lowest BCUT2D eigenvalue weighted by atomic mass is 10.2. The summed E-state index contributed by atoms with van der Waals surface area (Å²) in [4.78, 5) is 4.49. The first-order chi connectivity index (χ1) is 13.9. The molecule has 146 valence electrons. The molecule has 4 aromatic rings. The third kappa shape index (κ3) is 4.17. The number of anilines is 1. The molecule has 0 aliphatic rings. The van der Waals surface area contributed by atoms with Gasteiger partial charge in [0.1, 0.15) is 5.82 Å². The number of halogens is 1. The summed E-state index contributed by atoms with van der Waals surface area (Å²) in [5.74, 6) is 0.263. The molecule has 0 fully saturated rings. The predicted octanol–water partition coefficient (Wildman–Crippen LogP) is 4.65. The van der Waals surface area contributed by atoms with Gasteiger partial charge in [0.05, 0.1) is 4.90 Å². The van der Waals surface area contributed by atoms with E-state index in [0.717, 1.165) is 5.56 Å². The standard InChI is InChI=1S/C21H16FN3O3S/c1-14-2-12-19(13-3-14)29(26,27)25-18-10-6-15(7-11-18)20-23-21(28-24-20)16-4-8-17(22)9-5-16/h2-13,25H,1H3. The van der Waals surface area contributed by atoms with Crippen molar-refractivity contribution in [3.63, 3.8) is 0 Å². The Labute approximate surface area is 167 Å². The molecule has 29 heavy (non-hydrogen) atoms. The Morgan fingerprint density at radius 1 is 0.862 bits per heavy atom. The van der Waals surface area contributed by atoms with Gasteiger partial charge in [-0.25, -0.2) is 12.8 Å². The van der Waals surface area contributed by atoms with Crippen molar-refractivity contribution in [2.75, 3.05) is 4.72 Å². The molecule has 0 unspecified atom stereocenters. The van der Waals surface area contributed by atoms with Gasteiger partial charge in [-0.2, -0.15) is 4.98 Å². The molecule has 0 aliphatic heterocycles. The SMILES string of the molecule is Cc1ccc(S(=O)(=O)Nc2ccc(-c3noc(-c4ccc(F)cc4)n3)cc2)cc1. The van der Waals surface area contributed by atoms with E-state index in [1.807, 2.05) is 6.92 Å². The minimum absolute atomic E-state index is 0.189. The minimum atomic E-state index is -3.67. The highest BCUT2D eigenvalue weighted by molar-refractivity contribution is 7.92. The lowest BCUT2D eigenvalue weighted by Crippen LogP contribution is -2.12. The average Bonchev–Trinajstić information content (AvgIpc) is 3.19. The third-order valence-electron chi connectivity index (χ3n) is 4.24. The van der Waals surface area contributed by atoms with Crippen LogP contribution in [0.2, 0.25) is 0 Å². The van der Waals surface area contributed by atoms with Gasteiger partial charge in [-0.1, -0.05) is 22.9 Å². The second-order valence-corrected chi connectivity index (χ2v) is 8.11. The molecule has 0 atom stereocenters. The van der Waals surface area contributed by atoms with Crippen molar-refractivity contribution < 1.29 is 17.3 Å². The number of hydrogen-bond donors (Lipinski definition) is 1. The van der Waals surface area contributed by atoms with E-state index in [2.05, 4.69) is 14.9 Å². The summed E-state index contributed by atoms with van der Waals surface area (Å²) in [6.07, 6.45) is 0. The van der Waals surface area contributed by atoms with Crippen LogP contribution in [-0.2, 0) is 10.0 Å². The van der Waals surface area contributed by atoms with E-state index in [1.165, 1.54) is 12.1 Å². The molecule has 1 heterocycles. The summed E-state index contributed by atoms with van der Waals surface area (Å²) >= 11 is 0. The normalized spacial score (nSPS) is 11.4. The maximum absolute atomic E-state index is 13.0. The van der Waals surface area contributed by atoms with Crippen LogP contribution < -0.4 is 4.72 Å². The van der Waals surface area contributed by atoms with Crippen LogP contribution in [0.1, 0.15) is 5.56 Å². The van der Waals surface area contributed by atoms with Crippen LogP contribution in [0.3, 0.4) is 0 Å². The van der Waals surface area contributed by atoms with E-state index >= 15 is 0 Å². The fraction of sp³-hybridized carbons (Fsp3) is 0.0476. The van der Waals surface area contributed by atoms with Gasteiger partial charge in [0.25, 0.3) is 15.9 Å². The topological polar surface area (TPSA) is 85.1 Å². The molecule has 0 bridgehead atoms. The Hall–Kier alpha value is -3.52. The van der Waals surface area contributed by atoms with Crippen molar-refractivity contribution in [3.05, 3.63) is 84.2 Å². The van der Waals surface area contributed by atoms with E-state index < -0.39 is 10.0 Å². The lowest BCUT2D eigenvalue weighted by molar-refractivity contribution is 0.432. The fourth-order valence-electron chi connectivity index (χ4n) is 2.67. The van der Waals surface area contributed by atoms with Crippen molar-refractivity contribution in [1.29, 1.82) is 0 Å². The molecule has 0 amide bonds. The third-order valence-corrected chi connectivity index (χ3v) is 5.64. The number of hydrogen-bond acceptors (Lipinski definition) is 5. The molecule has 6 nitrogen and oxygen atoms in total. The number of benzene rings is 3. The molecule has 0 saturated carbocycles. The number of rotatable bonds is 5. The van der Waals surface area contributed by atoms with Gasteiger partial charge in [-0.3, -0.25) is 4.72 Å². The second-order valence-electron chi connectivity index (χ2n) is 6.43. The summed E-state index contributed by atoms with van der Waals surface area (Å²) in [7, 11) is -3.67. The molecule has 0 radical (unpaired) electrons. The monoisotopic (exact) mass is 409 g/mol. The van der Waals surface area contributed by atoms with Gasteiger partial charge in [0, 0.05) is 16.8 Å². The summed E-state index contributed by atoms with van der Waals surface area (Å²) < 4.78 is 45.8. The molecule has 3 aromatic carbocycles. The molecule has 1 aromatic heterocycles. The van der Waals surface area contributed by atoms with Crippen LogP contribution >= 0.6 is 0 Å². The number of nitrogens with zero attached hydrogens (tertiary/aromatic N) is 2. The highest BCUT2D eigenvalue weighted by Crippen LogP contribution is 2.24.